The summed E-state index contributed by atoms with van der Waals surface area (Å²) in [5.74, 6) is -6.79. The fourth-order valence-corrected chi connectivity index (χ4v) is 3.80. The minimum absolute atomic E-state index is 0.0272. The predicted octanol–water partition coefficient (Wildman–Crippen LogP) is 4.50. The van der Waals surface area contributed by atoms with Gasteiger partial charge in [0.25, 0.3) is 5.91 Å². The maximum Gasteiger partial charge on any atom is 0.258 e. The summed E-state index contributed by atoms with van der Waals surface area (Å²) in [4.78, 5) is 15.1. The van der Waals surface area contributed by atoms with Crippen LogP contribution in [0.1, 0.15) is 10.4 Å². The fraction of sp³-hybridized carbons (Fsp3) is 0.222. The topological polar surface area (TPSA) is 35.6 Å². The molecule has 0 radical (unpaired) electrons. The van der Waals surface area contributed by atoms with Crippen molar-refractivity contribution in [3.8, 4) is 0 Å². The second kappa shape index (κ2) is 8.85. The molecule has 0 bridgehead atoms. The number of carbonyl (C=O) groups is 1. The van der Waals surface area contributed by atoms with E-state index in [2.05, 4.69) is 21.2 Å². The normalized spacial score (nSPS) is 14.1. The Hall–Kier alpha value is -1.91. The summed E-state index contributed by atoms with van der Waals surface area (Å²) in [7, 11) is 0. The molecule has 1 aliphatic heterocycles. The molecule has 2 aromatic rings. The first-order valence-corrected chi connectivity index (χ1v) is 9.91. The Morgan fingerprint density at radius 1 is 1.00 bits per heavy atom. The first kappa shape index (κ1) is 21.8. The molecule has 1 saturated heterocycles. The van der Waals surface area contributed by atoms with Gasteiger partial charge in [-0.25, -0.2) is 17.6 Å². The summed E-state index contributed by atoms with van der Waals surface area (Å²) >= 11 is 13.8. The highest BCUT2D eigenvalue weighted by molar-refractivity contribution is 9.10. The zero-order chi connectivity index (χ0) is 21.3. The Morgan fingerprint density at radius 3 is 2.10 bits per heavy atom. The third-order valence-electron chi connectivity index (χ3n) is 4.41. The second-order valence-electron chi connectivity index (χ2n) is 6.13. The van der Waals surface area contributed by atoms with Crippen molar-refractivity contribution < 1.29 is 22.4 Å². The van der Waals surface area contributed by atoms with Crippen LogP contribution in [-0.4, -0.2) is 42.1 Å². The summed E-state index contributed by atoms with van der Waals surface area (Å²) in [6, 6.07) is 6.80. The molecule has 0 aromatic heterocycles. The minimum atomic E-state index is -1.64. The number of rotatable bonds is 2. The summed E-state index contributed by atoms with van der Waals surface area (Å²) in [6.45, 7) is 0.415. The van der Waals surface area contributed by atoms with Crippen LogP contribution in [0.25, 0.3) is 0 Å². The summed E-state index contributed by atoms with van der Waals surface area (Å²) < 4.78 is 56.3. The van der Waals surface area contributed by atoms with Gasteiger partial charge in [-0.3, -0.25) is 10.1 Å². The van der Waals surface area contributed by atoms with E-state index in [1.807, 2.05) is 0 Å². The number of piperazine rings is 1. The van der Waals surface area contributed by atoms with Crippen LogP contribution in [0, 0.1) is 23.3 Å². The maximum absolute atomic E-state index is 14.1. The average Bonchev–Trinajstić information content (AvgIpc) is 2.71. The highest BCUT2D eigenvalue weighted by Gasteiger charge is 2.30. The van der Waals surface area contributed by atoms with Crippen LogP contribution in [0.15, 0.2) is 28.7 Å². The Bertz CT molecular complexity index is 957. The zero-order valence-electron chi connectivity index (χ0n) is 14.6. The van der Waals surface area contributed by atoms with E-state index in [1.165, 1.54) is 4.90 Å². The van der Waals surface area contributed by atoms with Crippen LogP contribution in [0.5, 0.6) is 0 Å². The van der Waals surface area contributed by atoms with E-state index in [-0.39, 0.29) is 31.3 Å². The van der Waals surface area contributed by atoms with E-state index in [1.54, 1.807) is 29.2 Å². The molecule has 1 heterocycles. The Labute approximate surface area is 182 Å². The predicted molar refractivity (Wildman–Crippen MR) is 109 cm³/mol. The number of halogens is 6. The van der Waals surface area contributed by atoms with E-state index in [0.29, 0.717) is 10.0 Å². The summed E-state index contributed by atoms with van der Waals surface area (Å²) in [5, 5.41) is 1.51. The van der Waals surface area contributed by atoms with Gasteiger partial charge in [0.15, 0.2) is 28.4 Å². The zero-order valence-corrected chi connectivity index (χ0v) is 17.8. The van der Waals surface area contributed by atoms with Gasteiger partial charge >= 0.3 is 0 Å². The number of amides is 1. The first-order chi connectivity index (χ1) is 13.7. The number of benzene rings is 2. The molecule has 3 rings (SSSR count). The summed E-state index contributed by atoms with van der Waals surface area (Å²) in [6.07, 6.45) is 0. The van der Waals surface area contributed by atoms with Gasteiger partial charge in [-0.15, -0.1) is 0 Å². The lowest BCUT2D eigenvalue weighted by atomic mass is 10.2. The van der Waals surface area contributed by atoms with E-state index >= 15 is 0 Å². The Balaban J connectivity index is 1.68. The lowest BCUT2D eigenvalue weighted by Crippen LogP contribution is -2.53. The van der Waals surface area contributed by atoms with Crippen LogP contribution in [-0.2, 0) is 0 Å². The van der Waals surface area contributed by atoms with Crippen LogP contribution >= 0.6 is 39.7 Å². The average molecular weight is 511 g/mol. The van der Waals surface area contributed by atoms with Crippen LogP contribution in [0.2, 0.25) is 5.02 Å². The lowest BCUT2D eigenvalue weighted by Gasteiger charge is -2.37. The van der Waals surface area contributed by atoms with Crippen molar-refractivity contribution in [1.82, 2.24) is 10.2 Å². The van der Waals surface area contributed by atoms with Crippen molar-refractivity contribution in [2.75, 3.05) is 31.1 Å². The van der Waals surface area contributed by atoms with Gasteiger partial charge in [0.1, 0.15) is 10.7 Å². The number of thiocarbonyl (C=S) groups is 1. The monoisotopic (exact) mass is 509 g/mol. The SMILES string of the molecule is O=C(NC(=S)N1CCN(c2c(F)c(F)c(Cl)c(F)c2F)CC1)c1ccccc1Br. The van der Waals surface area contributed by atoms with Crippen LogP contribution < -0.4 is 10.2 Å². The number of hydrogen-bond acceptors (Lipinski definition) is 3. The van der Waals surface area contributed by atoms with E-state index in [0.717, 1.165) is 0 Å². The third kappa shape index (κ3) is 4.34. The number of nitrogens with one attached hydrogen (secondary N) is 1. The fourth-order valence-electron chi connectivity index (χ4n) is 2.89. The smallest absolute Gasteiger partial charge is 0.258 e. The molecule has 0 unspecified atom stereocenters. The van der Waals surface area contributed by atoms with Crippen molar-refractivity contribution in [1.29, 1.82) is 0 Å². The van der Waals surface area contributed by atoms with Gasteiger partial charge in [0.05, 0.1) is 5.56 Å². The molecular formula is C18H13BrClF4N3OS. The molecule has 0 saturated carbocycles. The van der Waals surface area contributed by atoms with Gasteiger partial charge < -0.3 is 9.80 Å². The van der Waals surface area contributed by atoms with Crippen LogP contribution in [0.4, 0.5) is 23.2 Å². The van der Waals surface area contributed by atoms with Crippen molar-refractivity contribution in [2.24, 2.45) is 0 Å². The Kier molecular flexibility index (Phi) is 6.65. The molecule has 0 aliphatic carbocycles. The van der Waals surface area contributed by atoms with Crippen molar-refractivity contribution in [3.05, 3.63) is 62.6 Å². The van der Waals surface area contributed by atoms with Gasteiger partial charge in [-0.1, -0.05) is 23.7 Å². The van der Waals surface area contributed by atoms with Gasteiger partial charge in [0, 0.05) is 30.7 Å². The van der Waals surface area contributed by atoms with Crippen molar-refractivity contribution in [2.45, 2.75) is 0 Å². The molecule has 0 spiro atoms. The van der Waals surface area contributed by atoms with E-state index in [9.17, 15) is 22.4 Å². The molecule has 29 heavy (non-hydrogen) atoms. The highest BCUT2D eigenvalue weighted by atomic mass is 79.9. The quantitative estimate of drug-likeness (QED) is 0.279. The van der Waals surface area contributed by atoms with E-state index < -0.39 is 39.9 Å². The molecular weight excluding hydrogens is 498 g/mol. The lowest BCUT2D eigenvalue weighted by molar-refractivity contribution is 0.0972. The number of anilines is 1. The Morgan fingerprint density at radius 2 is 1.55 bits per heavy atom. The van der Waals surface area contributed by atoms with Gasteiger partial charge in [-0.05, 0) is 40.3 Å². The molecule has 154 valence electrons. The molecule has 1 aliphatic rings. The van der Waals surface area contributed by atoms with Crippen molar-refractivity contribution in [3.63, 3.8) is 0 Å². The largest absolute Gasteiger partial charge is 0.363 e. The molecule has 11 heteroatoms. The molecule has 4 nitrogen and oxygen atoms in total. The van der Waals surface area contributed by atoms with Gasteiger partial charge in [0.2, 0.25) is 0 Å². The van der Waals surface area contributed by atoms with Crippen LogP contribution in [0.3, 0.4) is 0 Å². The summed E-state index contributed by atoms with van der Waals surface area (Å²) in [5.41, 5.74) is -0.419. The molecule has 1 amide bonds. The standard InChI is InChI=1S/C18H13BrClF4N3OS/c19-10-4-2-1-3-9(10)17(28)25-18(29)27-7-5-26(6-8-27)16-14(23)12(21)11(20)13(22)15(16)24/h1-4H,5-8H2,(H,25,28,29). The molecule has 1 fully saturated rings. The molecule has 0 atom stereocenters. The third-order valence-corrected chi connectivity index (χ3v) is 5.79. The van der Waals surface area contributed by atoms with Gasteiger partial charge in [-0.2, -0.15) is 0 Å². The molecule has 1 N–H and O–H groups in total. The van der Waals surface area contributed by atoms with Crippen molar-refractivity contribution >= 4 is 56.5 Å². The highest BCUT2D eigenvalue weighted by Crippen LogP contribution is 2.33. The molecule has 2 aromatic carbocycles. The minimum Gasteiger partial charge on any atom is -0.363 e. The number of carbonyl (C=O) groups excluding carboxylic acids is 1. The van der Waals surface area contributed by atoms with E-state index in [4.69, 9.17) is 23.8 Å². The first-order valence-electron chi connectivity index (χ1n) is 8.33. The second-order valence-corrected chi connectivity index (χ2v) is 7.75. The number of hydrogen-bond donors (Lipinski definition) is 1. The number of nitrogens with zero attached hydrogens (tertiary/aromatic N) is 2. The maximum atomic E-state index is 14.1.